The molecule has 0 bridgehead atoms. The molecule has 6 nitrogen and oxygen atoms in total. The third-order valence-corrected chi connectivity index (χ3v) is 2.28. The van der Waals surface area contributed by atoms with Crippen molar-refractivity contribution in [3.63, 3.8) is 0 Å². The van der Waals surface area contributed by atoms with E-state index in [1.165, 1.54) is 17.1 Å². The van der Waals surface area contributed by atoms with Gasteiger partial charge in [0.25, 0.3) is 5.56 Å². The number of carbonyl (C=O) groups is 1. The number of halogens is 1. The molecule has 0 saturated heterocycles. The van der Waals surface area contributed by atoms with Gasteiger partial charge in [-0.2, -0.15) is 5.26 Å². The second-order valence-corrected chi connectivity index (χ2v) is 3.79. The average molecular weight is 285 g/mol. The van der Waals surface area contributed by atoms with Crippen LogP contribution in [0.25, 0.3) is 0 Å². The lowest BCUT2D eigenvalue weighted by molar-refractivity contribution is -0.121. The summed E-state index contributed by atoms with van der Waals surface area (Å²) < 4.78 is 1.49. The minimum atomic E-state index is -0.322. The van der Waals surface area contributed by atoms with Gasteiger partial charge >= 0.3 is 0 Å². The van der Waals surface area contributed by atoms with Gasteiger partial charge in [-0.05, 0) is 15.9 Å². The van der Waals surface area contributed by atoms with E-state index in [4.69, 9.17) is 5.26 Å². The Morgan fingerprint density at radius 3 is 3.12 bits per heavy atom. The van der Waals surface area contributed by atoms with Gasteiger partial charge in [0.2, 0.25) is 5.91 Å². The molecular weight excluding hydrogens is 276 g/mol. The average Bonchev–Trinajstić information content (AvgIpc) is 2.25. The number of amides is 1. The number of rotatable bonds is 4. The smallest absolute Gasteiger partial charge is 0.268 e. The summed E-state index contributed by atoms with van der Waals surface area (Å²) in [5.74, 6) is -0.322. The van der Waals surface area contributed by atoms with E-state index in [0.717, 1.165) is 0 Å². The Labute approximate surface area is 100 Å². The zero-order valence-electron chi connectivity index (χ0n) is 8.31. The monoisotopic (exact) mass is 284 g/mol. The van der Waals surface area contributed by atoms with Gasteiger partial charge in [-0.1, -0.05) is 0 Å². The van der Waals surface area contributed by atoms with Crippen LogP contribution in [0.15, 0.2) is 21.8 Å². The molecule has 0 spiro atoms. The van der Waals surface area contributed by atoms with Gasteiger partial charge < -0.3 is 5.32 Å². The molecule has 84 valence electrons. The van der Waals surface area contributed by atoms with Gasteiger partial charge in [-0.25, -0.2) is 4.98 Å². The second-order valence-electron chi connectivity index (χ2n) is 2.93. The number of nitrogens with zero attached hydrogens (tertiary/aromatic N) is 3. The molecule has 1 aromatic heterocycles. The Balaban J connectivity index is 2.61. The van der Waals surface area contributed by atoms with Crippen LogP contribution in [-0.2, 0) is 11.3 Å². The van der Waals surface area contributed by atoms with E-state index >= 15 is 0 Å². The fourth-order valence-electron chi connectivity index (χ4n) is 1.01. The number of aromatic nitrogens is 2. The Morgan fingerprint density at radius 2 is 2.44 bits per heavy atom. The molecule has 16 heavy (non-hydrogen) atoms. The molecule has 7 heteroatoms. The molecule has 0 saturated carbocycles. The van der Waals surface area contributed by atoms with E-state index in [-0.39, 0.29) is 31.0 Å². The van der Waals surface area contributed by atoms with Crippen LogP contribution in [-0.4, -0.2) is 22.0 Å². The first-order chi connectivity index (χ1) is 7.65. The van der Waals surface area contributed by atoms with Crippen LogP contribution >= 0.6 is 15.9 Å². The van der Waals surface area contributed by atoms with Crippen molar-refractivity contribution in [2.24, 2.45) is 0 Å². The predicted octanol–water partition coefficient (Wildman–Crippen LogP) is 0.0357. The maximum Gasteiger partial charge on any atom is 0.268 e. The Bertz CT molecular complexity index is 477. The van der Waals surface area contributed by atoms with E-state index in [1.54, 1.807) is 0 Å². The van der Waals surface area contributed by atoms with Gasteiger partial charge in [0, 0.05) is 12.7 Å². The summed E-state index contributed by atoms with van der Waals surface area (Å²) in [6.45, 7) is 0.183. The van der Waals surface area contributed by atoms with Crippen molar-refractivity contribution in [3.05, 3.63) is 27.4 Å². The third kappa shape index (κ3) is 3.47. The van der Waals surface area contributed by atoms with Crippen molar-refractivity contribution in [2.45, 2.75) is 13.0 Å². The van der Waals surface area contributed by atoms with Crippen LogP contribution < -0.4 is 10.9 Å². The number of nitriles is 1. The number of hydrogen-bond acceptors (Lipinski definition) is 4. The van der Waals surface area contributed by atoms with E-state index < -0.39 is 0 Å². The molecule has 0 aromatic carbocycles. The predicted molar refractivity (Wildman–Crippen MR) is 59.4 cm³/mol. The first-order valence-electron chi connectivity index (χ1n) is 4.48. The molecule has 1 heterocycles. The molecule has 0 atom stereocenters. The summed E-state index contributed by atoms with van der Waals surface area (Å²) in [5.41, 5.74) is -0.314. The Kier molecular flexibility index (Phi) is 4.66. The molecule has 0 fully saturated rings. The van der Waals surface area contributed by atoms with Crippen LogP contribution in [0, 0.1) is 11.3 Å². The van der Waals surface area contributed by atoms with E-state index in [9.17, 15) is 9.59 Å². The second kappa shape index (κ2) is 6.02. The minimum Gasteiger partial charge on any atom is -0.354 e. The lowest BCUT2D eigenvalue weighted by atomic mass is 10.4. The van der Waals surface area contributed by atoms with Crippen molar-refractivity contribution in [2.75, 3.05) is 6.54 Å². The lowest BCUT2D eigenvalue weighted by Crippen LogP contribution is -2.32. The lowest BCUT2D eigenvalue weighted by Gasteiger charge is -2.05. The van der Waals surface area contributed by atoms with Crippen molar-refractivity contribution >= 4 is 21.8 Å². The van der Waals surface area contributed by atoms with Crippen LogP contribution in [0.1, 0.15) is 6.42 Å². The Morgan fingerprint density at radius 1 is 1.69 bits per heavy atom. The zero-order valence-corrected chi connectivity index (χ0v) is 9.90. The van der Waals surface area contributed by atoms with E-state index in [1.807, 2.05) is 6.07 Å². The van der Waals surface area contributed by atoms with Crippen LogP contribution in [0.2, 0.25) is 0 Å². The maximum absolute atomic E-state index is 11.5. The SMILES string of the molecule is N#CCCNC(=O)Cn1cncc(Br)c1=O. The standard InChI is InChI=1S/C9H9BrN4O2/c10-7-4-12-6-14(9(7)16)5-8(15)13-3-1-2-11/h4,6H,1,3,5H2,(H,13,15). The number of carbonyl (C=O) groups excluding carboxylic acids is 1. The molecule has 1 aromatic rings. The molecule has 1 rings (SSSR count). The summed E-state index contributed by atoms with van der Waals surface area (Å²) in [4.78, 5) is 26.6. The summed E-state index contributed by atoms with van der Waals surface area (Å²) in [5, 5.41) is 10.8. The topological polar surface area (TPSA) is 87.8 Å². The highest BCUT2D eigenvalue weighted by molar-refractivity contribution is 9.10. The molecule has 0 aliphatic heterocycles. The first kappa shape index (κ1) is 12.4. The van der Waals surface area contributed by atoms with Crippen molar-refractivity contribution in [1.29, 1.82) is 5.26 Å². The Hall–Kier alpha value is -1.68. The van der Waals surface area contributed by atoms with E-state index in [0.29, 0.717) is 4.47 Å². The van der Waals surface area contributed by atoms with Crippen molar-refractivity contribution in [1.82, 2.24) is 14.9 Å². The molecular formula is C9H9BrN4O2. The summed E-state index contributed by atoms with van der Waals surface area (Å²) in [6, 6.07) is 1.90. The summed E-state index contributed by atoms with van der Waals surface area (Å²) >= 11 is 3.03. The van der Waals surface area contributed by atoms with Gasteiger partial charge in [0.05, 0.1) is 18.8 Å². The summed E-state index contributed by atoms with van der Waals surface area (Å²) in [7, 11) is 0. The number of hydrogen-bond donors (Lipinski definition) is 1. The number of nitrogens with one attached hydrogen (secondary N) is 1. The highest BCUT2D eigenvalue weighted by atomic mass is 79.9. The van der Waals surface area contributed by atoms with Gasteiger partial charge in [0.15, 0.2) is 0 Å². The zero-order chi connectivity index (χ0) is 12.0. The summed E-state index contributed by atoms with van der Waals surface area (Å²) in [6.07, 6.45) is 2.90. The highest BCUT2D eigenvalue weighted by Gasteiger charge is 2.05. The quantitative estimate of drug-likeness (QED) is 0.791. The minimum absolute atomic E-state index is 0.100. The molecule has 0 aliphatic rings. The first-order valence-corrected chi connectivity index (χ1v) is 5.28. The van der Waals surface area contributed by atoms with Gasteiger partial charge in [-0.15, -0.1) is 0 Å². The largest absolute Gasteiger partial charge is 0.354 e. The van der Waals surface area contributed by atoms with Crippen LogP contribution in [0.3, 0.4) is 0 Å². The van der Waals surface area contributed by atoms with Crippen molar-refractivity contribution < 1.29 is 4.79 Å². The molecule has 0 aliphatic carbocycles. The van der Waals surface area contributed by atoms with Gasteiger partial charge in [-0.3, -0.25) is 14.2 Å². The fourth-order valence-corrected chi connectivity index (χ4v) is 1.35. The van der Waals surface area contributed by atoms with Crippen LogP contribution in [0.4, 0.5) is 0 Å². The van der Waals surface area contributed by atoms with Crippen molar-refractivity contribution in [3.8, 4) is 6.07 Å². The molecule has 1 N–H and O–H groups in total. The van der Waals surface area contributed by atoms with E-state index in [2.05, 4.69) is 26.2 Å². The fraction of sp³-hybridized carbons (Fsp3) is 0.333. The third-order valence-electron chi connectivity index (χ3n) is 1.73. The maximum atomic E-state index is 11.5. The highest BCUT2D eigenvalue weighted by Crippen LogP contribution is 1.97. The molecule has 0 radical (unpaired) electrons. The molecule has 1 amide bonds. The molecule has 0 unspecified atom stereocenters. The van der Waals surface area contributed by atoms with Gasteiger partial charge in [0.1, 0.15) is 11.0 Å². The van der Waals surface area contributed by atoms with Crippen LogP contribution in [0.5, 0.6) is 0 Å². The normalized spacial score (nSPS) is 9.50.